The summed E-state index contributed by atoms with van der Waals surface area (Å²) in [4.78, 5) is 12.3. The molecule has 0 aliphatic heterocycles. The highest BCUT2D eigenvalue weighted by Gasteiger charge is 2.14. The largest absolute Gasteiger partial charge is 0.495 e. The number of carbonyl (C=O) groups is 1. The fraction of sp³-hybridized carbons (Fsp3) is 0.200. The molecule has 0 radical (unpaired) electrons. The van der Waals surface area contributed by atoms with Gasteiger partial charge in [0, 0.05) is 5.02 Å². The molecule has 11 heteroatoms. The van der Waals surface area contributed by atoms with Gasteiger partial charge in [-0.1, -0.05) is 60.6 Å². The van der Waals surface area contributed by atoms with E-state index in [1.807, 2.05) is 37.3 Å². The first-order valence-electron chi connectivity index (χ1n) is 9.36. The van der Waals surface area contributed by atoms with Gasteiger partial charge in [-0.25, -0.2) is 10.1 Å². The number of amides is 1. The first kappa shape index (κ1) is 22.4. The van der Waals surface area contributed by atoms with Crippen molar-refractivity contribution >= 4 is 46.6 Å². The predicted molar refractivity (Wildman–Crippen MR) is 124 cm³/mol. The Morgan fingerprint density at radius 2 is 2.03 bits per heavy atom. The fourth-order valence-electron chi connectivity index (χ4n) is 2.64. The number of halogens is 1. The summed E-state index contributed by atoms with van der Waals surface area (Å²) in [6.07, 6.45) is 0.727. The lowest BCUT2D eigenvalue weighted by Crippen LogP contribution is -2.17. The summed E-state index contributed by atoms with van der Waals surface area (Å²) in [5.41, 5.74) is 5.18. The molecule has 31 heavy (non-hydrogen) atoms. The number of anilines is 2. The van der Waals surface area contributed by atoms with Crippen LogP contribution in [0.15, 0.2) is 58.8 Å². The van der Waals surface area contributed by atoms with E-state index in [0.29, 0.717) is 21.6 Å². The zero-order chi connectivity index (χ0) is 22.2. The minimum atomic E-state index is -0.265. The summed E-state index contributed by atoms with van der Waals surface area (Å²) >= 11 is 7.13. The Morgan fingerprint density at radius 1 is 1.26 bits per heavy atom. The monoisotopic (exact) mass is 459 g/mol. The smallest absolute Gasteiger partial charge is 0.264 e. The van der Waals surface area contributed by atoms with Crippen molar-refractivity contribution in [3.8, 4) is 5.75 Å². The van der Waals surface area contributed by atoms with Gasteiger partial charge in [0.05, 0.1) is 24.3 Å². The van der Waals surface area contributed by atoms with E-state index in [0.717, 1.165) is 29.5 Å². The molecule has 4 N–H and O–H groups in total. The number of benzene rings is 2. The van der Waals surface area contributed by atoms with Crippen LogP contribution in [0.1, 0.15) is 18.9 Å². The van der Waals surface area contributed by atoms with Crippen molar-refractivity contribution in [2.75, 3.05) is 29.4 Å². The molecule has 1 heterocycles. The van der Waals surface area contributed by atoms with Gasteiger partial charge >= 0.3 is 0 Å². The number of ether oxygens (including phenoxy) is 1. The molecule has 1 amide bonds. The van der Waals surface area contributed by atoms with Gasteiger partial charge in [0.25, 0.3) is 5.95 Å². The van der Waals surface area contributed by atoms with Crippen LogP contribution in [0.2, 0.25) is 5.02 Å². The molecule has 0 saturated heterocycles. The SMILES string of the molecule is CC/C(=N\Nc1nnc(SCC(=O)Nc2cc(Cl)ccc2OC)n1N)c1ccccc1. The summed E-state index contributed by atoms with van der Waals surface area (Å²) in [7, 11) is 1.52. The molecule has 3 rings (SSSR count). The summed E-state index contributed by atoms with van der Waals surface area (Å²) < 4.78 is 6.48. The van der Waals surface area contributed by atoms with Gasteiger partial charge in [-0.3, -0.25) is 4.79 Å². The predicted octanol–water partition coefficient (Wildman–Crippen LogP) is 3.61. The van der Waals surface area contributed by atoms with E-state index in [2.05, 4.69) is 26.0 Å². The van der Waals surface area contributed by atoms with Crippen LogP contribution in [0.5, 0.6) is 5.75 Å². The van der Waals surface area contributed by atoms with Gasteiger partial charge in [-0.05, 0) is 30.2 Å². The number of rotatable bonds is 9. The molecule has 0 bridgehead atoms. The molecule has 1 aromatic heterocycles. The molecule has 2 aromatic carbocycles. The Kier molecular flexibility index (Phi) is 7.74. The minimum Gasteiger partial charge on any atom is -0.495 e. The Morgan fingerprint density at radius 3 is 2.74 bits per heavy atom. The number of nitrogen functional groups attached to an aromatic ring is 1. The number of aromatic nitrogens is 3. The highest BCUT2D eigenvalue weighted by atomic mass is 35.5. The van der Waals surface area contributed by atoms with Crippen LogP contribution in [-0.2, 0) is 4.79 Å². The zero-order valence-electron chi connectivity index (χ0n) is 17.0. The van der Waals surface area contributed by atoms with Crippen LogP contribution >= 0.6 is 23.4 Å². The molecule has 9 nitrogen and oxygen atoms in total. The van der Waals surface area contributed by atoms with Crippen molar-refractivity contribution in [3.63, 3.8) is 0 Å². The number of methoxy groups -OCH3 is 1. The number of thioether (sulfide) groups is 1. The lowest BCUT2D eigenvalue weighted by molar-refractivity contribution is -0.113. The van der Waals surface area contributed by atoms with Crippen LogP contribution in [-0.4, -0.2) is 39.4 Å². The second-order valence-corrected chi connectivity index (χ2v) is 7.63. The average Bonchev–Trinajstić information content (AvgIpc) is 3.13. The number of nitrogens with zero attached hydrogens (tertiary/aromatic N) is 4. The standard InChI is InChI=1S/C20H22ClN7O2S/c1-3-15(13-7-5-4-6-8-13)24-25-19-26-27-20(28(19)22)31-12-18(29)23-16-11-14(21)9-10-17(16)30-2/h4-11H,3,12,22H2,1-2H3,(H,23,29)(H,25,26)/b24-15+. The number of hydrogen-bond donors (Lipinski definition) is 3. The average molecular weight is 460 g/mol. The number of hydrogen-bond acceptors (Lipinski definition) is 8. The second-order valence-electron chi connectivity index (χ2n) is 6.25. The molecule has 0 fully saturated rings. The molecule has 0 atom stereocenters. The van der Waals surface area contributed by atoms with E-state index in [1.54, 1.807) is 18.2 Å². The van der Waals surface area contributed by atoms with E-state index in [4.69, 9.17) is 22.2 Å². The maximum Gasteiger partial charge on any atom is 0.264 e. The lowest BCUT2D eigenvalue weighted by Gasteiger charge is -2.10. The van der Waals surface area contributed by atoms with E-state index >= 15 is 0 Å². The van der Waals surface area contributed by atoms with Gasteiger partial charge in [0.15, 0.2) is 0 Å². The highest BCUT2D eigenvalue weighted by Crippen LogP contribution is 2.28. The summed E-state index contributed by atoms with van der Waals surface area (Å²) in [6, 6.07) is 14.8. The first-order valence-corrected chi connectivity index (χ1v) is 10.7. The van der Waals surface area contributed by atoms with Crippen molar-refractivity contribution in [1.82, 2.24) is 14.9 Å². The maximum absolute atomic E-state index is 12.3. The van der Waals surface area contributed by atoms with Gasteiger partial charge < -0.3 is 15.9 Å². The molecular formula is C20H22ClN7O2S. The maximum atomic E-state index is 12.3. The molecular weight excluding hydrogens is 438 g/mol. The van der Waals surface area contributed by atoms with Crippen LogP contribution in [0, 0.1) is 0 Å². The van der Waals surface area contributed by atoms with Gasteiger partial charge in [-0.15, -0.1) is 10.2 Å². The summed E-state index contributed by atoms with van der Waals surface area (Å²) in [5, 5.41) is 16.0. The molecule has 0 unspecified atom stereocenters. The minimum absolute atomic E-state index is 0.0680. The van der Waals surface area contributed by atoms with Crippen LogP contribution < -0.4 is 21.3 Å². The molecule has 3 aromatic rings. The normalized spacial score (nSPS) is 11.3. The quantitative estimate of drug-likeness (QED) is 0.193. The number of carbonyl (C=O) groups excluding carboxylic acids is 1. The van der Waals surface area contributed by atoms with E-state index < -0.39 is 0 Å². The molecule has 162 valence electrons. The Balaban J connectivity index is 1.61. The van der Waals surface area contributed by atoms with E-state index in [-0.39, 0.29) is 17.6 Å². The zero-order valence-corrected chi connectivity index (χ0v) is 18.6. The van der Waals surface area contributed by atoms with Crippen molar-refractivity contribution in [2.45, 2.75) is 18.5 Å². The molecule has 0 spiro atoms. The van der Waals surface area contributed by atoms with Crippen molar-refractivity contribution in [3.05, 3.63) is 59.1 Å². The number of nitrogens with one attached hydrogen (secondary N) is 2. The van der Waals surface area contributed by atoms with Crippen LogP contribution in [0.4, 0.5) is 11.6 Å². The molecule has 0 aliphatic rings. The van der Waals surface area contributed by atoms with Gasteiger partial charge in [0.1, 0.15) is 5.75 Å². The fourth-order valence-corrected chi connectivity index (χ4v) is 3.47. The second kappa shape index (κ2) is 10.7. The van der Waals surface area contributed by atoms with E-state index in [1.165, 1.54) is 11.8 Å². The highest BCUT2D eigenvalue weighted by molar-refractivity contribution is 7.99. The van der Waals surface area contributed by atoms with Crippen molar-refractivity contribution in [1.29, 1.82) is 0 Å². The molecule has 0 saturated carbocycles. The Bertz CT molecular complexity index is 1070. The van der Waals surface area contributed by atoms with Crippen LogP contribution in [0.3, 0.4) is 0 Å². The van der Waals surface area contributed by atoms with Crippen molar-refractivity contribution < 1.29 is 9.53 Å². The summed E-state index contributed by atoms with van der Waals surface area (Å²) in [6.45, 7) is 2.01. The topological polar surface area (TPSA) is 119 Å². The lowest BCUT2D eigenvalue weighted by atomic mass is 10.1. The number of hydrazone groups is 1. The van der Waals surface area contributed by atoms with Crippen LogP contribution in [0.25, 0.3) is 0 Å². The van der Waals surface area contributed by atoms with Gasteiger partial charge in [-0.2, -0.15) is 5.10 Å². The van der Waals surface area contributed by atoms with Crippen molar-refractivity contribution in [2.24, 2.45) is 5.10 Å². The third-order valence-electron chi connectivity index (χ3n) is 4.17. The summed E-state index contributed by atoms with van der Waals surface area (Å²) in [5.74, 6) is 6.62. The molecule has 0 aliphatic carbocycles. The first-order chi connectivity index (χ1) is 15.0. The Labute approximate surface area is 189 Å². The van der Waals surface area contributed by atoms with Gasteiger partial charge in [0.2, 0.25) is 11.1 Å². The Hall–Kier alpha value is -3.24. The third kappa shape index (κ3) is 5.89. The third-order valence-corrected chi connectivity index (χ3v) is 5.34. The number of nitrogens with two attached hydrogens (primary N) is 1. The van der Waals surface area contributed by atoms with E-state index in [9.17, 15) is 4.79 Å².